The number of benzene rings is 1. The lowest BCUT2D eigenvalue weighted by Crippen LogP contribution is -2.11. The zero-order chi connectivity index (χ0) is 14.9. The molecular weight excluding hydrogens is 228 g/mol. The summed E-state index contributed by atoms with van der Waals surface area (Å²) in [4.78, 5) is 0. The lowest BCUT2D eigenvalue weighted by Gasteiger charge is -2.28. The van der Waals surface area contributed by atoms with Crippen LogP contribution in [0.1, 0.15) is 95.4 Å². The van der Waals surface area contributed by atoms with Gasteiger partial charge in [-0.25, -0.2) is 0 Å². The third-order valence-corrected chi connectivity index (χ3v) is 5.01. The molecule has 104 valence electrons. The first-order chi connectivity index (χ1) is 10.1. The standard InChI is InChI=1S/C19H28/c1-15-18(16-9-4-2-5-10-16)13-8-14-19(15)17-11-6-3-7-12-17/h8,13-14,16-17H,2-7,9-12H2,1H3/i16D,17D. The summed E-state index contributed by atoms with van der Waals surface area (Å²) in [5, 5.41) is 0. The van der Waals surface area contributed by atoms with E-state index in [1.54, 1.807) is 0 Å². The minimum atomic E-state index is -0.399. The molecule has 0 aromatic heterocycles. The lowest BCUT2D eigenvalue weighted by molar-refractivity contribution is 0.433. The van der Waals surface area contributed by atoms with Crippen molar-refractivity contribution in [1.29, 1.82) is 0 Å². The fourth-order valence-corrected chi connectivity index (χ4v) is 3.90. The molecule has 0 unspecified atom stereocenters. The van der Waals surface area contributed by atoms with Crippen LogP contribution in [-0.4, -0.2) is 0 Å². The minimum Gasteiger partial charge on any atom is -0.0617 e. The summed E-state index contributed by atoms with van der Waals surface area (Å²) in [7, 11) is 0. The summed E-state index contributed by atoms with van der Waals surface area (Å²) in [6.07, 6.45) is 11.2. The van der Waals surface area contributed by atoms with E-state index in [2.05, 4.69) is 25.1 Å². The maximum atomic E-state index is 8.92. The molecule has 3 rings (SSSR count). The molecule has 1 aromatic rings. The van der Waals surface area contributed by atoms with Crippen molar-refractivity contribution in [1.82, 2.24) is 0 Å². The Morgan fingerprint density at radius 2 is 1.21 bits per heavy atom. The first-order valence-electron chi connectivity index (χ1n) is 9.16. The molecule has 0 saturated heterocycles. The molecule has 2 fully saturated rings. The first-order valence-corrected chi connectivity index (χ1v) is 8.16. The molecule has 0 radical (unpaired) electrons. The van der Waals surface area contributed by atoms with Gasteiger partial charge in [0.15, 0.2) is 0 Å². The Morgan fingerprint density at radius 1 is 0.789 bits per heavy atom. The second-order valence-electron chi connectivity index (χ2n) is 6.31. The molecule has 2 aliphatic carbocycles. The Kier molecular flexibility index (Phi) is 3.52. The van der Waals surface area contributed by atoms with Gasteiger partial charge in [-0.15, -0.1) is 0 Å². The summed E-state index contributed by atoms with van der Waals surface area (Å²) in [6, 6.07) is 6.42. The van der Waals surface area contributed by atoms with Crippen LogP contribution in [0.4, 0.5) is 0 Å². The molecule has 0 N–H and O–H groups in total. The van der Waals surface area contributed by atoms with E-state index in [0.29, 0.717) is 0 Å². The van der Waals surface area contributed by atoms with E-state index < -0.39 is 11.8 Å². The Bertz CT molecular complexity index is 452. The highest BCUT2D eigenvalue weighted by Crippen LogP contribution is 2.39. The van der Waals surface area contributed by atoms with E-state index in [1.807, 2.05) is 0 Å². The predicted octanol–water partition coefficient (Wildman–Crippen LogP) is 6.09. The third kappa shape index (κ3) is 2.88. The molecular formula is C19H28. The monoisotopic (exact) mass is 258 g/mol. The molecule has 2 saturated carbocycles. The fraction of sp³-hybridized carbons (Fsp3) is 0.684. The average Bonchev–Trinajstić information content (AvgIpc) is 2.48. The lowest BCUT2D eigenvalue weighted by atomic mass is 9.77. The topological polar surface area (TPSA) is 0 Å². The fourth-order valence-electron chi connectivity index (χ4n) is 3.90. The van der Waals surface area contributed by atoms with Crippen LogP contribution in [0.5, 0.6) is 0 Å². The molecule has 0 atom stereocenters. The van der Waals surface area contributed by atoms with E-state index in [0.717, 1.165) is 25.7 Å². The maximum absolute atomic E-state index is 8.92. The zero-order valence-electron chi connectivity index (χ0n) is 14.3. The first kappa shape index (κ1) is 10.9. The van der Waals surface area contributed by atoms with Gasteiger partial charge in [0.2, 0.25) is 0 Å². The quantitative estimate of drug-likeness (QED) is 0.602. The normalized spacial score (nSPS) is 27.4. The van der Waals surface area contributed by atoms with Crippen molar-refractivity contribution >= 4 is 0 Å². The van der Waals surface area contributed by atoms with Crippen molar-refractivity contribution in [2.24, 2.45) is 0 Å². The van der Waals surface area contributed by atoms with Crippen molar-refractivity contribution in [2.75, 3.05) is 0 Å². The Labute approximate surface area is 121 Å². The van der Waals surface area contributed by atoms with Crippen LogP contribution >= 0.6 is 0 Å². The van der Waals surface area contributed by atoms with Gasteiger partial charge in [-0.3, -0.25) is 0 Å². The molecule has 0 nitrogen and oxygen atoms in total. The van der Waals surface area contributed by atoms with Gasteiger partial charge >= 0.3 is 0 Å². The van der Waals surface area contributed by atoms with Crippen LogP contribution in [0.25, 0.3) is 0 Å². The molecule has 0 aliphatic heterocycles. The molecule has 2 aliphatic rings. The minimum absolute atomic E-state index is 0.399. The van der Waals surface area contributed by atoms with E-state index >= 15 is 0 Å². The summed E-state index contributed by atoms with van der Waals surface area (Å²) < 4.78 is 17.8. The molecule has 0 spiro atoms. The number of hydrogen-bond acceptors (Lipinski definition) is 0. The summed E-state index contributed by atoms with van der Waals surface area (Å²) in [6.45, 7) is 2.17. The largest absolute Gasteiger partial charge is 0.0617 e. The van der Waals surface area contributed by atoms with Gasteiger partial charge < -0.3 is 0 Å². The summed E-state index contributed by atoms with van der Waals surface area (Å²) in [5.74, 6) is -0.799. The van der Waals surface area contributed by atoms with Crippen LogP contribution in [0, 0.1) is 6.92 Å². The van der Waals surface area contributed by atoms with Crippen LogP contribution in [0.3, 0.4) is 0 Å². The Balaban J connectivity index is 1.98. The predicted molar refractivity (Wildman–Crippen MR) is 82.8 cm³/mol. The molecule has 0 heterocycles. The zero-order valence-corrected chi connectivity index (χ0v) is 12.3. The van der Waals surface area contributed by atoms with E-state index in [1.165, 1.54) is 55.2 Å². The maximum Gasteiger partial charge on any atom is 0.0352 e. The number of rotatable bonds is 2. The van der Waals surface area contributed by atoms with Crippen LogP contribution in [-0.2, 0) is 0 Å². The molecule has 19 heavy (non-hydrogen) atoms. The smallest absolute Gasteiger partial charge is 0.0352 e. The van der Waals surface area contributed by atoms with Gasteiger partial charge in [0, 0.05) is 2.74 Å². The third-order valence-electron chi connectivity index (χ3n) is 5.01. The van der Waals surface area contributed by atoms with Gasteiger partial charge in [-0.1, -0.05) is 56.7 Å². The van der Waals surface area contributed by atoms with Gasteiger partial charge in [0.1, 0.15) is 0 Å². The van der Waals surface area contributed by atoms with Crippen molar-refractivity contribution in [3.05, 3.63) is 34.9 Å². The van der Waals surface area contributed by atoms with Gasteiger partial charge in [0.05, 0.1) is 0 Å². The van der Waals surface area contributed by atoms with Crippen LogP contribution in [0.2, 0.25) is 0 Å². The molecule has 0 bridgehead atoms. The molecule has 1 aromatic carbocycles. The van der Waals surface area contributed by atoms with Crippen LogP contribution in [0.15, 0.2) is 18.2 Å². The van der Waals surface area contributed by atoms with E-state index in [-0.39, 0.29) is 0 Å². The van der Waals surface area contributed by atoms with Gasteiger partial charge in [0.25, 0.3) is 0 Å². The van der Waals surface area contributed by atoms with Crippen molar-refractivity contribution < 1.29 is 2.74 Å². The highest BCUT2D eigenvalue weighted by molar-refractivity contribution is 5.39. The summed E-state index contributed by atoms with van der Waals surface area (Å²) >= 11 is 0. The Hall–Kier alpha value is -0.780. The SMILES string of the molecule is [2H]C1(c2cccc(C3([2H])CCCCC3)c2C)CCCCC1. The van der Waals surface area contributed by atoms with E-state index in [9.17, 15) is 0 Å². The van der Waals surface area contributed by atoms with E-state index in [4.69, 9.17) is 2.74 Å². The molecule has 0 amide bonds. The summed E-state index contributed by atoms with van der Waals surface area (Å²) in [5.41, 5.74) is 3.65. The molecule has 0 heteroatoms. The Morgan fingerprint density at radius 3 is 1.63 bits per heavy atom. The van der Waals surface area contributed by atoms with Gasteiger partial charge in [-0.2, -0.15) is 0 Å². The van der Waals surface area contributed by atoms with Crippen molar-refractivity contribution in [3.63, 3.8) is 0 Å². The second-order valence-corrected chi connectivity index (χ2v) is 6.31. The average molecular weight is 258 g/mol. The van der Waals surface area contributed by atoms with Crippen molar-refractivity contribution in [3.8, 4) is 0 Å². The van der Waals surface area contributed by atoms with Crippen molar-refractivity contribution in [2.45, 2.75) is 82.9 Å². The number of hydrogen-bond donors (Lipinski definition) is 0. The highest BCUT2D eigenvalue weighted by Gasteiger charge is 2.22. The second kappa shape index (κ2) is 6.11. The van der Waals surface area contributed by atoms with Gasteiger partial charge in [-0.05, 0) is 61.1 Å². The van der Waals surface area contributed by atoms with Crippen LogP contribution < -0.4 is 0 Å². The highest BCUT2D eigenvalue weighted by atomic mass is 14.3.